The maximum absolute atomic E-state index is 13.1. The number of nitrogens with zero attached hydrogens (tertiary/aromatic N) is 2. The van der Waals surface area contributed by atoms with Crippen LogP contribution in [0.25, 0.3) is 11.1 Å². The predicted molar refractivity (Wildman–Crippen MR) is 148 cm³/mol. The highest BCUT2D eigenvalue weighted by Gasteiger charge is 2.24. The van der Waals surface area contributed by atoms with Gasteiger partial charge in [-0.05, 0) is 41.5 Å². The molecule has 3 aromatic carbocycles. The fourth-order valence-corrected chi connectivity index (χ4v) is 4.16. The highest BCUT2D eigenvalue weighted by atomic mass is 16.5. The van der Waals surface area contributed by atoms with Gasteiger partial charge in [0.2, 0.25) is 0 Å². The van der Waals surface area contributed by atoms with E-state index in [4.69, 9.17) is 9.47 Å². The van der Waals surface area contributed by atoms with Gasteiger partial charge >= 0.3 is 0 Å². The van der Waals surface area contributed by atoms with Crippen LogP contribution in [-0.2, 0) is 12.5 Å². The summed E-state index contributed by atoms with van der Waals surface area (Å²) in [5.74, 6) is 0.564. The summed E-state index contributed by atoms with van der Waals surface area (Å²) in [6.45, 7) is 4.52. The summed E-state index contributed by atoms with van der Waals surface area (Å²) in [6, 6.07) is 22.4. The van der Waals surface area contributed by atoms with Crippen LogP contribution in [0.4, 0.5) is 5.69 Å². The lowest BCUT2D eigenvalue weighted by molar-refractivity contribution is 0.0939. The molecule has 1 aromatic heterocycles. The van der Waals surface area contributed by atoms with E-state index in [-0.39, 0.29) is 17.2 Å². The zero-order chi connectivity index (χ0) is 27.3. The van der Waals surface area contributed by atoms with Crippen molar-refractivity contribution in [2.45, 2.75) is 19.3 Å². The second-order valence-corrected chi connectivity index (χ2v) is 9.60. The average Bonchev–Trinajstić information content (AvgIpc) is 3.33. The van der Waals surface area contributed by atoms with E-state index in [9.17, 15) is 9.59 Å². The molecule has 0 radical (unpaired) electrons. The second kappa shape index (κ2) is 11.2. The van der Waals surface area contributed by atoms with Gasteiger partial charge in [-0.15, -0.1) is 0 Å². The molecular weight excluding hydrogens is 480 g/mol. The van der Waals surface area contributed by atoms with Gasteiger partial charge in [0.1, 0.15) is 0 Å². The molecule has 196 valence electrons. The predicted octanol–water partition coefficient (Wildman–Crippen LogP) is 5.06. The van der Waals surface area contributed by atoms with E-state index >= 15 is 0 Å². The highest BCUT2D eigenvalue weighted by Crippen LogP contribution is 2.29. The Labute approximate surface area is 222 Å². The van der Waals surface area contributed by atoms with Gasteiger partial charge in [0, 0.05) is 42.0 Å². The Morgan fingerprint density at radius 2 is 1.58 bits per heavy atom. The van der Waals surface area contributed by atoms with Crippen LogP contribution in [-0.4, -0.2) is 42.4 Å². The molecule has 0 saturated heterocycles. The number of anilines is 1. The number of amides is 2. The molecule has 0 atom stereocenters. The van der Waals surface area contributed by atoms with Crippen molar-refractivity contribution in [2.24, 2.45) is 7.05 Å². The van der Waals surface area contributed by atoms with Crippen molar-refractivity contribution in [3.63, 3.8) is 0 Å². The number of aryl methyl sites for hydroxylation is 1. The summed E-state index contributed by atoms with van der Waals surface area (Å²) in [6.07, 6.45) is 1.85. The SMILES string of the molecule is COc1ccc(C(=O)Nc2ccc(C(C)(C)CNC(=O)c3nn(C)cc3-c3ccccc3)cc2)cc1OC. The smallest absolute Gasteiger partial charge is 0.272 e. The lowest BCUT2D eigenvalue weighted by Crippen LogP contribution is -2.37. The van der Waals surface area contributed by atoms with Gasteiger partial charge in [0.05, 0.1) is 14.2 Å². The molecule has 0 saturated carbocycles. The molecule has 38 heavy (non-hydrogen) atoms. The quantitative estimate of drug-likeness (QED) is 0.327. The third-order valence-electron chi connectivity index (χ3n) is 6.39. The number of carbonyl (C=O) groups is 2. The fraction of sp³-hybridized carbons (Fsp3) is 0.233. The lowest BCUT2D eigenvalue weighted by Gasteiger charge is -2.26. The molecule has 1 heterocycles. The van der Waals surface area contributed by atoms with Crippen molar-refractivity contribution in [3.8, 4) is 22.6 Å². The number of rotatable bonds is 9. The van der Waals surface area contributed by atoms with Crippen LogP contribution in [0.5, 0.6) is 11.5 Å². The molecule has 2 amide bonds. The number of aromatic nitrogens is 2. The Morgan fingerprint density at radius 1 is 0.895 bits per heavy atom. The van der Waals surface area contributed by atoms with E-state index in [0.717, 1.165) is 16.7 Å². The van der Waals surface area contributed by atoms with Crippen molar-refractivity contribution in [2.75, 3.05) is 26.1 Å². The largest absolute Gasteiger partial charge is 0.493 e. The summed E-state index contributed by atoms with van der Waals surface area (Å²) in [5, 5.41) is 10.3. The molecule has 0 aliphatic carbocycles. The normalized spacial score (nSPS) is 11.1. The van der Waals surface area contributed by atoms with Crippen molar-refractivity contribution >= 4 is 17.5 Å². The lowest BCUT2D eigenvalue weighted by atomic mass is 9.84. The topological polar surface area (TPSA) is 94.5 Å². The van der Waals surface area contributed by atoms with Crippen LogP contribution in [0.15, 0.2) is 79.0 Å². The second-order valence-electron chi connectivity index (χ2n) is 9.60. The van der Waals surface area contributed by atoms with Crippen LogP contribution < -0.4 is 20.1 Å². The third kappa shape index (κ3) is 5.86. The first-order valence-electron chi connectivity index (χ1n) is 12.2. The molecule has 8 nitrogen and oxygen atoms in total. The van der Waals surface area contributed by atoms with Crippen LogP contribution >= 0.6 is 0 Å². The molecule has 4 rings (SSSR count). The Balaban J connectivity index is 1.41. The van der Waals surface area contributed by atoms with Crippen LogP contribution in [0.3, 0.4) is 0 Å². The molecule has 0 spiro atoms. The number of hydrogen-bond acceptors (Lipinski definition) is 5. The number of methoxy groups -OCH3 is 2. The summed E-state index contributed by atoms with van der Waals surface area (Å²) in [4.78, 5) is 25.8. The standard InChI is InChI=1S/C30H32N4O4/c1-30(2,19-31-29(36)27-24(18-34(3)33-27)20-9-7-6-8-10-20)22-12-14-23(15-13-22)32-28(35)21-11-16-25(37-4)26(17-21)38-5/h6-18H,19H2,1-5H3,(H,31,36)(H,32,35). The van der Waals surface area contributed by atoms with E-state index in [0.29, 0.717) is 35.0 Å². The molecule has 0 bridgehead atoms. The van der Waals surface area contributed by atoms with E-state index in [1.807, 2.05) is 60.8 Å². The van der Waals surface area contributed by atoms with Gasteiger partial charge in [-0.25, -0.2) is 0 Å². The highest BCUT2D eigenvalue weighted by molar-refractivity contribution is 6.04. The summed E-state index contributed by atoms with van der Waals surface area (Å²) in [5.41, 5.74) is 3.90. The number of carbonyl (C=O) groups excluding carboxylic acids is 2. The van der Waals surface area contributed by atoms with Gasteiger partial charge < -0.3 is 20.1 Å². The Morgan fingerprint density at radius 3 is 2.24 bits per heavy atom. The average molecular weight is 513 g/mol. The Bertz CT molecular complexity index is 1430. The summed E-state index contributed by atoms with van der Waals surface area (Å²) < 4.78 is 12.2. The van der Waals surface area contributed by atoms with Crippen molar-refractivity contribution in [3.05, 3.63) is 95.8 Å². The first kappa shape index (κ1) is 26.5. The van der Waals surface area contributed by atoms with Crippen molar-refractivity contribution in [1.82, 2.24) is 15.1 Å². The van der Waals surface area contributed by atoms with Gasteiger partial charge in [0.25, 0.3) is 11.8 Å². The third-order valence-corrected chi connectivity index (χ3v) is 6.39. The fourth-order valence-electron chi connectivity index (χ4n) is 4.16. The van der Waals surface area contributed by atoms with Gasteiger partial charge in [-0.3, -0.25) is 14.3 Å². The van der Waals surface area contributed by atoms with E-state index < -0.39 is 0 Å². The van der Waals surface area contributed by atoms with E-state index in [1.165, 1.54) is 7.11 Å². The minimum Gasteiger partial charge on any atom is -0.493 e. The number of hydrogen-bond donors (Lipinski definition) is 2. The van der Waals surface area contributed by atoms with Crippen LogP contribution in [0.2, 0.25) is 0 Å². The first-order valence-corrected chi connectivity index (χ1v) is 12.2. The van der Waals surface area contributed by atoms with Crippen LogP contribution in [0.1, 0.15) is 40.3 Å². The maximum Gasteiger partial charge on any atom is 0.272 e. The maximum atomic E-state index is 13.1. The molecule has 8 heteroatoms. The molecule has 0 fully saturated rings. The minimum atomic E-state index is -0.358. The van der Waals surface area contributed by atoms with Crippen molar-refractivity contribution in [1.29, 1.82) is 0 Å². The zero-order valence-electron chi connectivity index (χ0n) is 22.2. The number of ether oxygens (including phenoxy) is 2. The zero-order valence-corrected chi connectivity index (χ0v) is 22.2. The van der Waals surface area contributed by atoms with E-state index in [2.05, 4.69) is 29.6 Å². The molecule has 4 aromatic rings. The Kier molecular flexibility index (Phi) is 7.81. The molecule has 0 aliphatic heterocycles. The van der Waals surface area contributed by atoms with E-state index in [1.54, 1.807) is 37.0 Å². The van der Waals surface area contributed by atoms with Crippen LogP contribution in [0, 0.1) is 0 Å². The van der Waals surface area contributed by atoms with Gasteiger partial charge in [0.15, 0.2) is 17.2 Å². The molecule has 0 unspecified atom stereocenters. The number of benzene rings is 3. The molecular formula is C30H32N4O4. The van der Waals surface area contributed by atoms with Gasteiger partial charge in [-0.1, -0.05) is 56.3 Å². The first-order chi connectivity index (χ1) is 18.2. The van der Waals surface area contributed by atoms with Gasteiger partial charge in [-0.2, -0.15) is 5.10 Å². The molecule has 2 N–H and O–H groups in total. The summed E-state index contributed by atoms with van der Waals surface area (Å²) in [7, 11) is 4.88. The minimum absolute atomic E-state index is 0.226. The number of nitrogens with one attached hydrogen (secondary N) is 2. The Hall–Kier alpha value is -4.59. The summed E-state index contributed by atoms with van der Waals surface area (Å²) >= 11 is 0. The van der Waals surface area contributed by atoms with Crippen molar-refractivity contribution < 1.29 is 19.1 Å². The monoisotopic (exact) mass is 512 g/mol. The molecule has 0 aliphatic rings.